The van der Waals surface area contributed by atoms with Gasteiger partial charge in [-0.25, -0.2) is 4.68 Å². The number of amides is 2. The number of hydrogen-bond acceptors (Lipinski definition) is 5. The van der Waals surface area contributed by atoms with Crippen LogP contribution in [-0.2, 0) is 18.0 Å². The number of ether oxygens (including phenoxy) is 1. The van der Waals surface area contributed by atoms with Gasteiger partial charge in [0.2, 0.25) is 0 Å². The first kappa shape index (κ1) is 23.4. The highest BCUT2D eigenvalue weighted by atomic mass is 19.4. The summed E-state index contributed by atoms with van der Waals surface area (Å²) >= 11 is 0. The molecule has 34 heavy (non-hydrogen) atoms. The first-order valence-corrected chi connectivity index (χ1v) is 10.6. The molecule has 1 heterocycles. The van der Waals surface area contributed by atoms with Crippen molar-refractivity contribution < 1.29 is 27.5 Å². The van der Waals surface area contributed by atoms with Crippen molar-refractivity contribution >= 4 is 11.8 Å². The van der Waals surface area contributed by atoms with E-state index in [1.807, 2.05) is 35.6 Å². The number of benzene rings is 2. The van der Waals surface area contributed by atoms with Crippen LogP contribution in [0.1, 0.15) is 44.9 Å². The van der Waals surface area contributed by atoms with Crippen LogP contribution in [0, 0.1) is 0 Å². The van der Waals surface area contributed by atoms with Crippen LogP contribution in [0.15, 0.2) is 54.6 Å². The minimum atomic E-state index is -4.50. The molecule has 0 saturated heterocycles. The summed E-state index contributed by atoms with van der Waals surface area (Å²) < 4.78 is 44.3. The summed E-state index contributed by atoms with van der Waals surface area (Å²) in [5.74, 6) is -1.20. The third-order valence-corrected chi connectivity index (χ3v) is 5.06. The Morgan fingerprint density at radius 3 is 2.35 bits per heavy atom. The van der Waals surface area contributed by atoms with Crippen molar-refractivity contribution in [2.75, 3.05) is 6.54 Å². The zero-order chi connectivity index (χ0) is 24.1. The van der Waals surface area contributed by atoms with E-state index in [1.165, 1.54) is 28.9 Å². The number of alkyl halides is 3. The average Bonchev–Trinajstić information content (AvgIpc) is 3.53. The summed E-state index contributed by atoms with van der Waals surface area (Å²) in [5.41, 5.74) is 2.04. The maximum atomic E-state index is 12.7. The van der Waals surface area contributed by atoms with Crippen LogP contribution in [0.25, 0.3) is 5.69 Å². The minimum Gasteiger partial charge on any atom is -0.370 e. The molecule has 1 aliphatic carbocycles. The number of nitrogens with one attached hydrogen (secondary N) is 2. The van der Waals surface area contributed by atoms with Crippen molar-refractivity contribution in [3.8, 4) is 5.69 Å². The Morgan fingerprint density at radius 2 is 1.71 bits per heavy atom. The van der Waals surface area contributed by atoms with Crippen molar-refractivity contribution in [2.24, 2.45) is 0 Å². The highest BCUT2D eigenvalue weighted by molar-refractivity contribution is 5.95. The van der Waals surface area contributed by atoms with E-state index in [0.717, 1.165) is 18.4 Å². The third-order valence-electron chi connectivity index (χ3n) is 5.06. The Kier molecular flexibility index (Phi) is 6.92. The topological polar surface area (TPSA) is 98.1 Å². The van der Waals surface area contributed by atoms with Crippen LogP contribution in [-0.4, -0.2) is 45.6 Å². The van der Waals surface area contributed by atoms with Crippen LogP contribution >= 0.6 is 0 Å². The Bertz CT molecular complexity index is 1140. The molecule has 1 saturated carbocycles. The van der Waals surface area contributed by atoms with E-state index < -0.39 is 18.6 Å². The quantitative estimate of drug-likeness (QED) is 0.498. The molecule has 0 aliphatic heterocycles. The number of rotatable bonds is 9. The van der Waals surface area contributed by atoms with E-state index in [-0.39, 0.29) is 29.8 Å². The summed E-state index contributed by atoms with van der Waals surface area (Å²) in [4.78, 5) is 24.6. The molecule has 8 nitrogen and oxygen atoms in total. The van der Waals surface area contributed by atoms with E-state index in [1.54, 1.807) is 0 Å². The molecule has 1 aliphatic rings. The van der Waals surface area contributed by atoms with Crippen molar-refractivity contribution in [3.05, 3.63) is 77.1 Å². The number of carbonyl (C=O) groups excluding carboxylic acids is 2. The van der Waals surface area contributed by atoms with Crippen LogP contribution in [0.2, 0.25) is 0 Å². The van der Waals surface area contributed by atoms with Crippen molar-refractivity contribution in [3.63, 3.8) is 0 Å². The van der Waals surface area contributed by atoms with E-state index in [9.17, 15) is 22.8 Å². The average molecular weight is 473 g/mol. The smallest absolute Gasteiger partial charge is 0.370 e. The Morgan fingerprint density at radius 1 is 1.00 bits per heavy atom. The zero-order valence-electron chi connectivity index (χ0n) is 18.0. The zero-order valence-corrected chi connectivity index (χ0v) is 18.0. The molecule has 0 unspecified atom stereocenters. The lowest BCUT2D eigenvalue weighted by molar-refractivity contribution is -0.123. The SMILES string of the molecule is O=C(NCC(F)(F)F)c1ccc(-n2nnc(C(=O)NC3CC3)c2COCc2ccccc2)cc1. The van der Waals surface area contributed by atoms with E-state index in [0.29, 0.717) is 18.0 Å². The lowest BCUT2D eigenvalue weighted by atomic mass is 10.2. The third kappa shape index (κ3) is 6.19. The number of carbonyl (C=O) groups is 2. The molecule has 0 bridgehead atoms. The molecule has 1 aromatic heterocycles. The molecule has 3 aromatic rings. The van der Waals surface area contributed by atoms with E-state index >= 15 is 0 Å². The lowest BCUT2D eigenvalue weighted by Crippen LogP contribution is -2.33. The van der Waals surface area contributed by atoms with Gasteiger partial charge in [-0.2, -0.15) is 13.2 Å². The summed E-state index contributed by atoms with van der Waals surface area (Å²) in [7, 11) is 0. The van der Waals surface area contributed by atoms with Gasteiger partial charge in [0.05, 0.1) is 18.9 Å². The first-order chi connectivity index (χ1) is 16.3. The van der Waals surface area contributed by atoms with Crippen molar-refractivity contribution in [1.82, 2.24) is 25.6 Å². The molecule has 178 valence electrons. The van der Waals surface area contributed by atoms with Crippen LogP contribution in [0.3, 0.4) is 0 Å². The molecular weight excluding hydrogens is 451 g/mol. The fraction of sp³-hybridized carbons (Fsp3) is 0.304. The molecule has 4 rings (SSSR count). The highest BCUT2D eigenvalue weighted by Gasteiger charge is 2.29. The number of hydrogen-bond donors (Lipinski definition) is 2. The van der Waals surface area contributed by atoms with Gasteiger partial charge in [0.1, 0.15) is 12.2 Å². The number of aromatic nitrogens is 3. The molecule has 2 aromatic carbocycles. The standard InChI is InChI=1S/C23H22F3N5O3/c24-23(25,26)14-27-21(32)16-6-10-18(11-7-16)31-19(13-34-12-15-4-2-1-3-5-15)20(29-30-31)22(33)28-17-8-9-17/h1-7,10-11,17H,8-9,12-14H2,(H,27,32)(H,28,33). The van der Waals surface area contributed by atoms with Gasteiger partial charge in [0.15, 0.2) is 5.69 Å². The Hall–Kier alpha value is -3.73. The first-order valence-electron chi connectivity index (χ1n) is 10.6. The van der Waals surface area contributed by atoms with Crippen molar-refractivity contribution in [1.29, 1.82) is 0 Å². The largest absolute Gasteiger partial charge is 0.405 e. The van der Waals surface area contributed by atoms with Gasteiger partial charge in [-0.15, -0.1) is 5.10 Å². The van der Waals surface area contributed by atoms with Gasteiger partial charge in [-0.3, -0.25) is 9.59 Å². The van der Waals surface area contributed by atoms with E-state index in [2.05, 4.69) is 15.6 Å². The van der Waals surface area contributed by atoms with Crippen LogP contribution in [0.5, 0.6) is 0 Å². The minimum absolute atomic E-state index is 0.0448. The normalized spacial score (nSPS) is 13.5. The number of halogens is 3. The molecule has 0 spiro atoms. The fourth-order valence-electron chi connectivity index (χ4n) is 3.17. The summed E-state index contributed by atoms with van der Waals surface area (Å²) in [6.45, 7) is -1.06. The van der Waals surface area contributed by atoms with Gasteiger partial charge in [-0.05, 0) is 42.7 Å². The van der Waals surface area contributed by atoms with Crippen LogP contribution < -0.4 is 10.6 Å². The van der Waals surface area contributed by atoms with Gasteiger partial charge in [-0.1, -0.05) is 35.5 Å². The summed E-state index contributed by atoms with van der Waals surface area (Å²) in [5, 5.41) is 12.8. The van der Waals surface area contributed by atoms with Crippen molar-refractivity contribution in [2.45, 2.75) is 38.3 Å². The molecule has 2 amide bonds. The fourth-order valence-corrected chi connectivity index (χ4v) is 3.17. The second-order valence-corrected chi connectivity index (χ2v) is 7.87. The number of nitrogens with zero attached hydrogens (tertiary/aromatic N) is 3. The molecular formula is C23H22F3N5O3. The van der Waals surface area contributed by atoms with Gasteiger partial charge < -0.3 is 15.4 Å². The molecule has 0 atom stereocenters. The Labute approximate surface area is 193 Å². The summed E-state index contributed by atoms with van der Waals surface area (Å²) in [6, 6.07) is 15.4. The summed E-state index contributed by atoms with van der Waals surface area (Å²) in [6.07, 6.45) is -2.67. The molecule has 11 heteroatoms. The second-order valence-electron chi connectivity index (χ2n) is 7.87. The molecule has 0 radical (unpaired) electrons. The van der Waals surface area contributed by atoms with E-state index in [4.69, 9.17) is 4.74 Å². The van der Waals surface area contributed by atoms with Gasteiger partial charge >= 0.3 is 6.18 Å². The van der Waals surface area contributed by atoms with Gasteiger partial charge in [0.25, 0.3) is 11.8 Å². The monoisotopic (exact) mass is 473 g/mol. The van der Waals surface area contributed by atoms with Crippen LogP contribution in [0.4, 0.5) is 13.2 Å². The highest BCUT2D eigenvalue weighted by Crippen LogP contribution is 2.21. The maximum Gasteiger partial charge on any atom is 0.405 e. The molecule has 1 fully saturated rings. The van der Waals surface area contributed by atoms with Gasteiger partial charge in [0, 0.05) is 11.6 Å². The second kappa shape index (κ2) is 10.0. The predicted octanol–water partition coefficient (Wildman–Crippen LogP) is 3.17. The molecule has 2 N–H and O–H groups in total. The maximum absolute atomic E-state index is 12.7. The predicted molar refractivity (Wildman–Crippen MR) is 115 cm³/mol. The lowest BCUT2D eigenvalue weighted by Gasteiger charge is -2.11. The Balaban J connectivity index is 1.52.